The molecule has 1 heterocycles. The predicted molar refractivity (Wildman–Crippen MR) is 107 cm³/mol. The third-order valence-electron chi connectivity index (χ3n) is 6.47. The van der Waals surface area contributed by atoms with Crippen molar-refractivity contribution in [3.05, 3.63) is 53.6 Å². The Hall–Kier alpha value is -2.10. The van der Waals surface area contributed by atoms with Gasteiger partial charge in [-0.3, -0.25) is 4.79 Å². The number of rotatable bonds is 6. The fourth-order valence-electron chi connectivity index (χ4n) is 4.43. The summed E-state index contributed by atoms with van der Waals surface area (Å²) in [6.45, 7) is 3.62. The number of nitrogens with zero attached hydrogens (tertiary/aromatic N) is 3. The van der Waals surface area contributed by atoms with Crippen LogP contribution in [-0.4, -0.2) is 26.4 Å². The monoisotopic (exact) mass is 365 g/mol. The largest absolute Gasteiger partial charge is 0.332 e. The molecule has 0 spiro atoms. The first-order valence-electron chi connectivity index (χ1n) is 10.6. The molecule has 2 saturated carbocycles. The minimum absolute atomic E-state index is 0.256. The van der Waals surface area contributed by atoms with Gasteiger partial charge in [-0.05, 0) is 43.7 Å². The number of hydrogen-bond donors (Lipinski definition) is 0. The molecule has 2 fully saturated rings. The van der Waals surface area contributed by atoms with Gasteiger partial charge in [-0.1, -0.05) is 49.9 Å². The topological polar surface area (TPSA) is 38.1 Å². The molecule has 0 unspecified atom stereocenters. The summed E-state index contributed by atoms with van der Waals surface area (Å²) in [5, 5.41) is 0. The van der Waals surface area contributed by atoms with E-state index in [0.717, 1.165) is 38.1 Å². The van der Waals surface area contributed by atoms with Gasteiger partial charge in [0.1, 0.15) is 5.82 Å². The number of amides is 1. The molecule has 2 aromatic rings. The summed E-state index contributed by atoms with van der Waals surface area (Å²) in [6, 6.07) is 8.90. The standard InChI is InChI=1S/C23H31N3O/c1-18-8-5-6-9-20(18)16-25-15-14-24-22(25)17-26(21-12-3-2-4-13-21)23(27)19-10-7-11-19/h5-6,8-9,14-15,19,21H,2-4,7,10-13,16-17H2,1H3. The van der Waals surface area contributed by atoms with Crippen molar-refractivity contribution in [3.63, 3.8) is 0 Å². The number of imidazole rings is 1. The van der Waals surface area contributed by atoms with Gasteiger partial charge in [0.15, 0.2) is 0 Å². The number of hydrogen-bond acceptors (Lipinski definition) is 2. The third-order valence-corrected chi connectivity index (χ3v) is 6.47. The Balaban J connectivity index is 1.53. The van der Waals surface area contributed by atoms with Crippen LogP contribution >= 0.6 is 0 Å². The molecule has 4 heteroatoms. The summed E-state index contributed by atoms with van der Waals surface area (Å²) >= 11 is 0. The highest BCUT2D eigenvalue weighted by atomic mass is 16.2. The van der Waals surface area contributed by atoms with E-state index in [0.29, 0.717) is 18.5 Å². The fraction of sp³-hybridized carbons (Fsp3) is 0.565. The van der Waals surface area contributed by atoms with E-state index in [2.05, 4.69) is 51.8 Å². The number of benzene rings is 1. The quantitative estimate of drug-likeness (QED) is 0.744. The smallest absolute Gasteiger partial charge is 0.226 e. The highest BCUT2D eigenvalue weighted by Crippen LogP contribution is 2.32. The Morgan fingerprint density at radius 1 is 1.11 bits per heavy atom. The van der Waals surface area contributed by atoms with Crippen molar-refractivity contribution in [1.29, 1.82) is 0 Å². The lowest BCUT2D eigenvalue weighted by Crippen LogP contribution is -2.46. The first-order valence-corrected chi connectivity index (χ1v) is 10.6. The second-order valence-corrected chi connectivity index (χ2v) is 8.28. The zero-order valence-corrected chi connectivity index (χ0v) is 16.4. The number of carbonyl (C=O) groups excluding carboxylic acids is 1. The Morgan fingerprint density at radius 3 is 2.59 bits per heavy atom. The first kappa shape index (κ1) is 18.3. The van der Waals surface area contributed by atoms with E-state index in [1.807, 2.05) is 6.20 Å². The van der Waals surface area contributed by atoms with Crippen molar-refractivity contribution in [1.82, 2.24) is 14.5 Å². The van der Waals surface area contributed by atoms with Crippen LogP contribution in [0.25, 0.3) is 0 Å². The van der Waals surface area contributed by atoms with Gasteiger partial charge in [-0.15, -0.1) is 0 Å². The van der Waals surface area contributed by atoms with Crippen LogP contribution in [0.4, 0.5) is 0 Å². The third kappa shape index (κ3) is 4.10. The van der Waals surface area contributed by atoms with Gasteiger partial charge in [-0.2, -0.15) is 0 Å². The van der Waals surface area contributed by atoms with E-state index in [1.165, 1.54) is 36.8 Å². The molecule has 2 aliphatic rings. The van der Waals surface area contributed by atoms with E-state index < -0.39 is 0 Å². The zero-order chi connectivity index (χ0) is 18.6. The maximum Gasteiger partial charge on any atom is 0.226 e. The highest BCUT2D eigenvalue weighted by Gasteiger charge is 2.34. The molecule has 27 heavy (non-hydrogen) atoms. The number of aryl methyl sites for hydroxylation is 1. The summed E-state index contributed by atoms with van der Waals surface area (Å²) in [7, 11) is 0. The van der Waals surface area contributed by atoms with Crippen LogP contribution in [-0.2, 0) is 17.9 Å². The predicted octanol–water partition coefficient (Wildman–Crippen LogP) is 4.70. The number of aromatic nitrogens is 2. The highest BCUT2D eigenvalue weighted by molar-refractivity contribution is 5.79. The molecule has 0 bridgehead atoms. The molecule has 4 nitrogen and oxygen atoms in total. The molecule has 0 aliphatic heterocycles. The maximum atomic E-state index is 13.2. The van der Waals surface area contributed by atoms with Crippen molar-refractivity contribution in [2.45, 2.75) is 77.4 Å². The van der Waals surface area contributed by atoms with Crippen molar-refractivity contribution >= 4 is 5.91 Å². The van der Waals surface area contributed by atoms with E-state index in [1.54, 1.807) is 0 Å². The van der Waals surface area contributed by atoms with E-state index in [4.69, 9.17) is 0 Å². The lowest BCUT2D eigenvalue weighted by molar-refractivity contribution is -0.142. The zero-order valence-electron chi connectivity index (χ0n) is 16.4. The van der Waals surface area contributed by atoms with Crippen LogP contribution < -0.4 is 0 Å². The molecular weight excluding hydrogens is 334 g/mol. The molecule has 1 amide bonds. The lowest BCUT2D eigenvalue weighted by Gasteiger charge is -2.38. The average molecular weight is 366 g/mol. The van der Waals surface area contributed by atoms with Gasteiger partial charge in [0, 0.05) is 30.9 Å². The Morgan fingerprint density at radius 2 is 1.89 bits per heavy atom. The van der Waals surface area contributed by atoms with E-state index >= 15 is 0 Å². The summed E-state index contributed by atoms with van der Waals surface area (Å²) in [5.74, 6) is 1.64. The molecule has 2 aliphatic carbocycles. The van der Waals surface area contributed by atoms with Crippen LogP contribution in [0.15, 0.2) is 36.7 Å². The summed E-state index contributed by atoms with van der Waals surface area (Å²) in [4.78, 5) is 20.0. The molecule has 144 valence electrons. The van der Waals surface area contributed by atoms with Crippen LogP contribution in [0.5, 0.6) is 0 Å². The minimum Gasteiger partial charge on any atom is -0.332 e. The fourth-order valence-corrected chi connectivity index (χ4v) is 4.43. The molecule has 0 atom stereocenters. The lowest BCUT2D eigenvalue weighted by atomic mass is 9.83. The Labute approximate surface area is 162 Å². The summed E-state index contributed by atoms with van der Waals surface area (Å²) in [6.07, 6.45) is 13.4. The molecule has 0 radical (unpaired) electrons. The van der Waals surface area contributed by atoms with Gasteiger partial charge in [0.05, 0.1) is 6.54 Å². The van der Waals surface area contributed by atoms with Gasteiger partial charge in [0.25, 0.3) is 0 Å². The minimum atomic E-state index is 0.256. The van der Waals surface area contributed by atoms with E-state index in [-0.39, 0.29) is 5.92 Å². The Kier molecular flexibility index (Phi) is 5.61. The summed E-state index contributed by atoms with van der Waals surface area (Å²) in [5.41, 5.74) is 2.61. The first-order chi connectivity index (χ1) is 13.2. The molecule has 0 N–H and O–H groups in total. The van der Waals surface area contributed by atoms with Gasteiger partial charge in [0.2, 0.25) is 5.91 Å². The Bertz CT molecular complexity index is 771. The van der Waals surface area contributed by atoms with Crippen LogP contribution in [0.2, 0.25) is 0 Å². The van der Waals surface area contributed by atoms with Crippen molar-refractivity contribution in [2.24, 2.45) is 5.92 Å². The van der Waals surface area contributed by atoms with Crippen LogP contribution in [0.1, 0.15) is 68.3 Å². The van der Waals surface area contributed by atoms with Gasteiger partial charge in [-0.25, -0.2) is 4.98 Å². The maximum absolute atomic E-state index is 13.2. The average Bonchev–Trinajstić information content (AvgIpc) is 3.07. The molecular formula is C23H31N3O. The molecule has 0 saturated heterocycles. The summed E-state index contributed by atoms with van der Waals surface area (Å²) < 4.78 is 2.21. The van der Waals surface area contributed by atoms with Crippen molar-refractivity contribution in [2.75, 3.05) is 0 Å². The number of carbonyl (C=O) groups is 1. The van der Waals surface area contributed by atoms with Crippen LogP contribution in [0.3, 0.4) is 0 Å². The normalized spacial score (nSPS) is 18.3. The van der Waals surface area contributed by atoms with Gasteiger partial charge >= 0.3 is 0 Å². The van der Waals surface area contributed by atoms with E-state index in [9.17, 15) is 4.79 Å². The van der Waals surface area contributed by atoms with Crippen molar-refractivity contribution in [3.8, 4) is 0 Å². The second kappa shape index (κ2) is 8.28. The molecule has 1 aromatic carbocycles. The van der Waals surface area contributed by atoms with Gasteiger partial charge < -0.3 is 9.47 Å². The molecule has 4 rings (SSSR count). The molecule has 1 aromatic heterocycles. The SMILES string of the molecule is Cc1ccccc1Cn1ccnc1CN(C(=O)C1CCC1)C1CCCCC1. The van der Waals surface area contributed by atoms with Crippen LogP contribution in [0, 0.1) is 12.8 Å². The van der Waals surface area contributed by atoms with Crippen molar-refractivity contribution < 1.29 is 4.79 Å². The second-order valence-electron chi connectivity index (χ2n) is 8.28.